The molecular weight excluding hydrogens is 208 g/mol. The largest absolute Gasteiger partial charge is 0.465 e. The quantitative estimate of drug-likeness (QED) is 0.507. The maximum Gasteiger partial charge on any atom is 0.312 e. The number of hydrogen-bond acceptors (Lipinski definition) is 5. The highest BCUT2D eigenvalue weighted by molar-refractivity contribution is 7.86. The number of esters is 1. The second kappa shape index (κ2) is 3.51. The summed E-state index contributed by atoms with van der Waals surface area (Å²) in [7, 11) is -3.55. The first kappa shape index (κ1) is 11.5. The van der Waals surface area contributed by atoms with E-state index in [1.165, 1.54) is 0 Å². The van der Waals surface area contributed by atoms with Gasteiger partial charge in [-0.3, -0.25) is 8.98 Å². The van der Waals surface area contributed by atoms with E-state index < -0.39 is 27.6 Å². The van der Waals surface area contributed by atoms with Gasteiger partial charge in [-0.2, -0.15) is 8.42 Å². The van der Waals surface area contributed by atoms with Crippen molar-refractivity contribution >= 4 is 16.1 Å². The monoisotopic (exact) mass is 222 g/mol. The van der Waals surface area contributed by atoms with E-state index in [4.69, 9.17) is 8.92 Å². The summed E-state index contributed by atoms with van der Waals surface area (Å²) in [6.45, 7) is 3.48. The van der Waals surface area contributed by atoms with Crippen LogP contribution in [-0.2, 0) is 23.8 Å². The number of carbonyl (C=O) groups is 1. The summed E-state index contributed by atoms with van der Waals surface area (Å²) in [5.74, 6) is -0.893. The molecule has 5 nitrogen and oxygen atoms in total. The molecule has 1 aliphatic rings. The molecule has 0 bridgehead atoms. The Hall–Kier alpha value is -0.620. The van der Waals surface area contributed by atoms with E-state index >= 15 is 0 Å². The predicted octanol–water partition coefficient (Wildman–Crippen LogP) is 0.304. The molecule has 0 radical (unpaired) electrons. The van der Waals surface area contributed by atoms with E-state index in [1.54, 1.807) is 13.8 Å². The minimum atomic E-state index is -3.55. The molecule has 0 saturated carbocycles. The lowest BCUT2D eigenvalue weighted by Gasteiger charge is -2.27. The van der Waals surface area contributed by atoms with Gasteiger partial charge in [-0.25, -0.2) is 0 Å². The third-order valence-corrected chi connectivity index (χ3v) is 2.87. The average molecular weight is 222 g/mol. The van der Waals surface area contributed by atoms with Gasteiger partial charge in [-0.15, -0.1) is 0 Å². The first-order valence-corrected chi connectivity index (χ1v) is 6.11. The molecule has 0 aromatic carbocycles. The van der Waals surface area contributed by atoms with Crippen molar-refractivity contribution in [3.63, 3.8) is 0 Å². The van der Waals surface area contributed by atoms with Crippen LogP contribution in [0.3, 0.4) is 0 Å². The molecule has 82 valence electrons. The SMILES string of the molecule is CC(C)(OS(C)(=O)=O)C1CCOC1=O. The van der Waals surface area contributed by atoms with Crippen molar-refractivity contribution in [2.45, 2.75) is 25.9 Å². The number of cyclic esters (lactones) is 1. The molecule has 0 amide bonds. The van der Waals surface area contributed by atoms with Crippen molar-refractivity contribution in [3.8, 4) is 0 Å². The van der Waals surface area contributed by atoms with Gasteiger partial charge < -0.3 is 4.74 Å². The van der Waals surface area contributed by atoms with E-state index in [0.29, 0.717) is 13.0 Å². The Labute approximate surface area is 83.5 Å². The summed E-state index contributed by atoms with van der Waals surface area (Å²) < 4.78 is 31.5. The standard InChI is InChI=1S/C8H14O5S/c1-8(2,13-14(3,10)11)6-4-5-12-7(6)9/h6H,4-5H2,1-3H3. The molecule has 0 spiro atoms. The zero-order valence-electron chi connectivity index (χ0n) is 8.44. The third kappa shape index (κ3) is 2.68. The van der Waals surface area contributed by atoms with E-state index in [1.807, 2.05) is 0 Å². The van der Waals surface area contributed by atoms with Gasteiger partial charge in [-0.05, 0) is 20.3 Å². The maximum absolute atomic E-state index is 11.2. The molecular formula is C8H14O5S. The lowest BCUT2D eigenvalue weighted by Crippen LogP contribution is -2.38. The zero-order valence-corrected chi connectivity index (χ0v) is 9.26. The van der Waals surface area contributed by atoms with Gasteiger partial charge in [0.05, 0.1) is 24.4 Å². The zero-order chi connectivity index (χ0) is 11.0. The highest BCUT2D eigenvalue weighted by atomic mass is 32.2. The summed E-state index contributed by atoms with van der Waals surface area (Å²) in [5, 5.41) is 0. The van der Waals surface area contributed by atoms with Gasteiger partial charge in [-0.1, -0.05) is 0 Å². The molecule has 0 aromatic heterocycles. The lowest BCUT2D eigenvalue weighted by molar-refractivity contribution is -0.145. The second-order valence-corrected chi connectivity index (χ2v) is 5.47. The van der Waals surface area contributed by atoms with Crippen LogP contribution in [0.2, 0.25) is 0 Å². The number of hydrogen-bond donors (Lipinski definition) is 0. The van der Waals surface area contributed by atoms with E-state index in [2.05, 4.69) is 0 Å². The fraction of sp³-hybridized carbons (Fsp3) is 0.875. The predicted molar refractivity (Wildman–Crippen MR) is 49.1 cm³/mol. The fourth-order valence-electron chi connectivity index (χ4n) is 1.58. The number of ether oxygens (including phenoxy) is 1. The molecule has 0 N–H and O–H groups in total. The Bertz CT molecular complexity index is 330. The molecule has 6 heteroatoms. The minimum Gasteiger partial charge on any atom is -0.465 e. The van der Waals surface area contributed by atoms with Crippen molar-refractivity contribution in [1.82, 2.24) is 0 Å². The number of rotatable bonds is 3. The Morgan fingerprint density at radius 2 is 2.07 bits per heavy atom. The van der Waals surface area contributed by atoms with Crippen LogP contribution in [0, 0.1) is 5.92 Å². The molecule has 1 heterocycles. The molecule has 1 unspecified atom stereocenters. The van der Waals surface area contributed by atoms with E-state index in [-0.39, 0.29) is 0 Å². The highest BCUT2D eigenvalue weighted by Crippen LogP contribution is 2.30. The Balaban J connectivity index is 2.79. The first-order chi connectivity index (χ1) is 6.22. The van der Waals surface area contributed by atoms with Gasteiger partial charge in [0.1, 0.15) is 0 Å². The van der Waals surface area contributed by atoms with Crippen molar-refractivity contribution in [2.75, 3.05) is 12.9 Å². The molecule has 0 aromatic rings. The van der Waals surface area contributed by atoms with Crippen LogP contribution in [0.25, 0.3) is 0 Å². The smallest absolute Gasteiger partial charge is 0.312 e. The van der Waals surface area contributed by atoms with Crippen LogP contribution >= 0.6 is 0 Å². The van der Waals surface area contributed by atoms with Crippen molar-refractivity contribution in [2.24, 2.45) is 5.92 Å². The maximum atomic E-state index is 11.2. The molecule has 1 atom stereocenters. The van der Waals surface area contributed by atoms with Crippen LogP contribution in [-0.4, -0.2) is 32.9 Å². The molecule has 1 aliphatic heterocycles. The lowest BCUT2D eigenvalue weighted by atomic mass is 9.90. The first-order valence-electron chi connectivity index (χ1n) is 4.29. The summed E-state index contributed by atoms with van der Waals surface area (Å²) in [6.07, 6.45) is 1.47. The Morgan fingerprint density at radius 3 is 2.43 bits per heavy atom. The van der Waals surface area contributed by atoms with Crippen LogP contribution < -0.4 is 0 Å². The van der Waals surface area contributed by atoms with E-state index in [9.17, 15) is 13.2 Å². The summed E-state index contributed by atoms with van der Waals surface area (Å²) in [4.78, 5) is 11.2. The van der Waals surface area contributed by atoms with Crippen LogP contribution in [0.4, 0.5) is 0 Å². The van der Waals surface area contributed by atoms with Crippen molar-refractivity contribution < 1.29 is 22.1 Å². The minimum absolute atomic E-state index is 0.333. The van der Waals surface area contributed by atoms with Crippen LogP contribution in [0.15, 0.2) is 0 Å². The van der Waals surface area contributed by atoms with Gasteiger partial charge >= 0.3 is 5.97 Å². The summed E-state index contributed by atoms with van der Waals surface area (Å²) in [5.41, 5.74) is -1.03. The van der Waals surface area contributed by atoms with Crippen molar-refractivity contribution in [3.05, 3.63) is 0 Å². The van der Waals surface area contributed by atoms with E-state index in [0.717, 1.165) is 6.26 Å². The second-order valence-electron chi connectivity index (χ2n) is 3.90. The van der Waals surface area contributed by atoms with Crippen LogP contribution in [0.1, 0.15) is 20.3 Å². The molecule has 14 heavy (non-hydrogen) atoms. The topological polar surface area (TPSA) is 69.7 Å². The highest BCUT2D eigenvalue weighted by Gasteiger charge is 2.42. The van der Waals surface area contributed by atoms with Gasteiger partial charge in [0, 0.05) is 0 Å². The van der Waals surface area contributed by atoms with Gasteiger partial charge in [0.25, 0.3) is 10.1 Å². The normalized spacial score (nSPS) is 23.6. The number of carbonyl (C=O) groups excluding carboxylic acids is 1. The van der Waals surface area contributed by atoms with Gasteiger partial charge in [0.2, 0.25) is 0 Å². The fourth-order valence-corrected chi connectivity index (χ4v) is 2.47. The third-order valence-electron chi connectivity index (χ3n) is 2.14. The molecule has 0 aliphatic carbocycles. The molecule has 1 fully saturated rings. The molecule has 1 rings (SSSR count). The van der Waals surface area contributed by atoms with Gasteiger partial charge in [0.15, 0.2) is 0 Å². The van der Waals surface area contributed by atoms with Crippen LogP contribution in [0.5, 0.6) is 0 Å². The summed E-state index contributed by atoms with van der Waals surface area (Å²) >= 11 is 0. The summed E-state index contributed by atoms with van der Waals surface area (Å²) in [6, 6.07) is 0. The Kier molecular flexibility index (Phi) is 2.87. The average Bonchev–Trinajstić information content (AvgIpc) is 2.29. The van der Waals surface area contributed by atoms with Crippen molar-refractivity contribution in [1.29, 1.82) is 0 Å². The Morgan fingerprint density at radius 1 is 1.50 bits per heavy atom. The molecule has 1 saturated heterocycles.